The Hall–Kier alpha value is -1.52. The molecule has 0 bridgehead atoms. The highest BCUT2D eigenvalue weighted by Crippen LogP contribution is 2.32. The van der Waals surface area contributed by atoms with Crippen molar-refractivity contribution in [2.24, 2.45) is 0 Å². The van der Waals surface area contributed by atoms with Crippen molar-refractivity contribution in [2.45, 2.75) is 13.0 Å². The number of halogens is 1. The summed E-state index contributed by atoms with van der Waals surface area (Å²) in [6.07, 6.45) is 0. The molecule has 0 amide bonds. The van der Waals surface area contributed by atoms with Gasteiger partial charge in [0.05, 0.1) is 20.3 Å². The summed E-state index contributed by atoms with van der Waals surface area (Å²) in [6.45, 7) is 2.97. The molecule has 0 radical (unpaired) electrons. The SMILES string of the molecule is CCNC(c1cccc(OC)c1)c1cc(OC)ccc1Br. The van der Waals surface area contributed by atoms with Gasteiger partial charge in [0.2, 0.25) is 0 Å². The van der Waals surface area contributed by atoms with Gasteiger partial charge in [-0.2, -0.15) is 0 Å². The van der Waals surface area contributed by atoms with Crippen LogP contribution in [0.25, 0.3) is 0 Å². The van der Waals surface area contributed by atoms with Crippen LogP contribution in [-0.2, 0) is 0 Å². The molecule has 1 atom stereocenters. The standard InChI is InChI=1S/C17H20BrNO2/c1-4-19-17(12-6-5-7-13(10-12)20-2)15-11-14(21-3)8-9-16(15)18/h5-11,17,19H,4H2,1-3H3. The Bertz CT molecular complexity index is 601. The van der Waals surface area contributed by atoms with Crippen LogP contribution in [0.5, 0.6) is 11.5 Å². The van der Waals surface area contributed by atoms with Gasteiger partial charge in [0.15, 0.2) is 0 Å². The first-order valence-electron chi connectivity index (χ1n) is 6.90. The van der Waals surface area contributed by atoms with Crippen LogP contribution in [0, 0.1) is 0 Å². The van der Waals surface area contributed by atoms with Crippen LogP contribution in [0.2, 0.25) is 0 Å². The van der Waals surface area contributed by atoms with Gasteiger partial charge >= 0.3 is 0 Å². The Morgan fingerprint density at radius 1 is 1.05 bits per heavy atom. The van der Waals surface area contributed by atoms with Crippen LogP contribution in [-0.4, -0.2) is 20.8 Å². The zero-order valence-electron chi connectivity index (χ0n) is 12.5. The lowest BCUT2D eigenvalue weighted by Crippen LogP contribution is -2.22. The maximum Gasteiger partial charge on any atom is 0.119 e. The van der Waals surface area contributed by atoms with Crippen molar-refractivity contribution in [3.63, 3.8) is 0 Å². The largest absolute Gasteiger partial charge is 0.497 e. The van der Waals surface area contributed by atoms with E-state index in [0.717, 1.165) is 33.6 Å². The number of hydrogen-bond donors (Lipinski definition) is 1. The summed E-state index contributed by atoms with van der Waals surface area (Å²) in [6, 6.07) is 14.2. The van der Waals surface area contributed by atoms with Crippen molar-refractivity contribution >= 4 is 15.9 Å². The van der Waals surface area contributed by atoms with Gasteiger partial charge < -0.3 is 14.8 Å². The van der Waals surface area contributed by atoms with E-state index in [1.54, 1.807) is 14.2 Å². The van der Waals surface area contributed by atoms with Gasteiger partial charge in [0, 0.05) is 4.47 Å². The average Bonchev–Trinajstić information content (AvgIpc) is 2.53. The van der Waals surface area contributed by atoms with Crippen molar-refractivity contribution in [3.8, 4) is 11.5 Å². The average molecular weight is 350 g/mol. The number of hydrogen-bond acceptors (Lipinski definition) is 3. The minimum atomic E-state index is 0.0783. The predicted molar refractivity (Wildman–Crippen MR) is 89.2 cm³/mol. The smallest absolute Gasteiger partial charge is 0.119 e. The third-order valence-corrected chi connectivity index (χ3v) is 4.07. The fourth-order valence-electron chi connectivity index (χ4n) is 2.30. The summed E-state index contributed by atoms with van der Waals surface area (Å²) >= 11 is 3.64. The summed E-state index contributed by atoms with van der Waals surface area (Å²) in [4.78, 5) is 0. The summed E-state index contributed by atoms with van der Waals surface area (Å²) < 4.78 is 11.7. The van der Waals surface area contributed by atoms with Crippen molar-refractivity contribution in [1.82, 2.24) is 5.32 Å². The maximum absolute atomic E-state index is 5.35. The van der Waals surface area contributed by atoms with E-state index in [2.05, 4.69) is 46.4 Å². The molecule has 0 saturated carbocycles. The highest BCUT2D eigenvalue weighted by atomic mass is 79.9. The van der Waals surface area contributed by atoms with Crippen LogP contribution < -0.4 is 14.8 Å². The van der Waals surface area contributed by atoms with E-state index in [1.165, 1.54) is 0 Å². The molecule has 0 aromatic heterocycles. The normalized spacial score (nSPS) is 12.0. The van der Waals surface area contributed by atoms with Gasteiger partial charge in [0.25, 0.3) is 0 Å². The van der Waals surface area contributed by atoms with Gasteiger partial charge in [-0.25, -0.2) is 0 Å². The minimum absolute atomic E-state index is 0.0783. The molecule has 3 nitrogen and oxygen atoms in total. The monoisotopic (exact) mass is 349 g/mol. The molecule has 1 N–H and O–H groups in total. The Kier molecular flexibility index (Phi) is 5.65. The fraction of sp³-hybridized carbons (Fsp3) is 0.294. The second kappa shape index (κ2) is 7.48. The molecule has 2 rings (SSSR count). The van der Waals surface area contributed by atoms with E-state index in [9.17, 15) is 0 Å². The molecule has 0 aliphatic heterocycles. The molecule has 0 heterocycles. The van der Waals surface area contributed by atoms with Crippen LogP contribution in [0.1, 0.15) is 24.1 Å². The highest BCUT2D eigenvalue weighted by molar-refractivity contribution is 9.10. The lowest BCUT2D eigenvalue weighted by atomic mass is 9.98. The van der Waals surface area contributed by atoms with Crippen LogP contribution in [0.3, 0.4) is 0 Å². The first kappa shape index (κ1) is 15.9. The van der Waals surface area contributed by atoms with Gasteiger partial charge in [-0.1, -0.05) is 35.0 Å². The summed E-state index contributed by atoms with van der Waals surface area (Å²) in [5.41, 5.74) is 2.30. The molecule has 0 fully saturated rings. The lowest BCUT2D eigenvalue weighted by Gasteiger charge is -2.21. The Labute approximate surface area is 134 Å². The number of benzene rings is 2. The van der Waals surface area contributed by atoms with Crippen LogP contribution in [0.15, 0.2) is 46.9 Å². The maximum atomic E-state index is 5.35. The first-order chi connectivity index (χ1) is 10.2. The van der Waals surface area contributed by atoms with E-state index in [1.807, 2.05) is 24.3 Å². The van der Waals surface area contributed by atoms with E-state index < -0.39 is 0 Å². The van der Waals surface area contributed by atoms with Gasteiger partial charge in [-0.3, -0.25) is 0 Å². The number of rotatable bonds is 6. The molecule has 21 heavy (non-hydrogen) atoms. The molecular weight excluding hydrogens is 330 g/mol. The number of methoxy groups -OCH3 is 2. The van der Waals surface area contributed by atoms with Crippen molar-refractivity contribution in [1.29, 1.82) is 0 Å². The van der Waals surface area contributed by atoms with Crippen molar-refractivity contribution in [2.75, 3.05) is 20.8 Å². The van der Waals surface area contributed by atoms with E-state index in [0.29, 0.717) is 0 Å². The molecule has 0 spiro atoms. The third kappa shape index (κ3) is 3.77. The Balaban J connectivity index is 2.47. The molecule has 4 heteroatoms. The third-order valence-electron chi connectivity index (χ3n) is 3.35. The van der Waals surface area contributed by atoms with Gasteiger partial charge in [-0.05, 0) is 48.0 Å². The molecule has 2 aromatic rings. The topological polar surface area (TPSA) is 30.5 Å². The second-order valence-corrected chi connectivity index (χ2v) is 5.51. The molecular formula is C17H20BrNO2. The minimum Gasteiger partial charge on any atom is -0.497 e. The Morgan fingerprint density at radius 2 is 1.76 bits per heavy atom. The first-order valence-corrected chi connectivity index (χ1v) is 7.69. The van der Waals surface area contributed by atoms with Crippen molar-refractivity contribution < 1.29 is 9.47 Å². The molecule has 0 aliphatic carbocycles. The summed E-state index contributed by atoms with van der Waals surface area (Å²) in [7, 11) is 3.36. The van der Waals surface area contributed by atoms with E-state index >= 15 is 0 Å². The van der Waals surface area contributed by atoms with Crippen LogP contribution in [0.4, 0.5) is 0 Å². The van der Waals surface area contributed by atoms with E-state index in [-0.39, 0.29) is 6.04 Å². The van der Waals surface area contributed by atoms with Gasteiger partial charge in [0.1, 0.15) is 11.5 Å². The fourth-order valence-corrected chi connectivity index (χ4v) is 2.78. The van der Waals surface area contributed by atoms with E-state index in [4.69, 9.17) is 9.47 Å². The molecule has 112 valence electrons. The zero-order valence-corrected chi connectivity index (χ0v) is 14.1. The zero-order chi connectivity index (χ0) is 15.2. The quantitative estimate of drug-likeness (QED) is 0.848. The summed E-state index contributed by atoms with van der Waals surface area (Å²) in [5.74, 6) is 1.70. The molecule has 1 unspecified atom stereocenters. The second-order valence-electron chi connectivity index (χ2n) is 4.65. The molecule has 0 saturated heterocycles. The molecule has 2 aromatic carbocycles. The summed E-state index contributed by atoms with van der Waals surface area (Å²) in [5, 5.41) is 3.52. The highest BCUT2D eigenvalue weighted by Gasteiger charge is 2.17. The lowest BCUT2D eigenvalue weighted by molar-refractivity contribution is 0.412. The number of ether oxygens (including phenoxy) is 2. The van der Waals surface area contributed by atoms with Gasteiger partial charge in [-0.15, -0.1) is 0 Å². The van der Waals surface area contributed by atoms with Crippen LogP contribution >= 0.6 is 15.9 Å². The number of nitrogens with one attached hydrogen (secondary N) is 1. The van der Waals surface area contributed by atoms with Crippen molar-refractivity contribution in [3.05, 3.63) is 58.1 Å². The predicted octanol–water partition coefficient (Wildman–Crippen LogP) is 4.17. The molecule has 0 aliphatic rings. The Morgan fingerprint density at radius 3 is 2.43 bits per heavy atom.